The van der Waals surface area contributed by atoms with E-state index in [1.54, 1.807) is 24.3 Å². The minimum absolute atomic E-state index is 0.0864. The van der Waals surface area contributed by atoms with E-state index in [1.807, 2.05) is 13.0 Å². The van der Waals surface area contributed by atoms with Gasteiger partial charge in [-0.1, -0.05) is 12.1 Å². The number of aryl methyl sites for hydroxylation is 1. The Kier molecular flexibility index (Phi) is 4.39. The topological polar surface area (TPSA) is 52.3 Å². The lowest BCUT2D eigenvalue weighted by Gasteiger charge is -2.08. The van der Waals surface area contributed by atoms with Crippen molar-refractivity contribution >= 4 is 16.5 Å². The van der Waals surface area contributed by atoms with Crippen molar-refractivity contribution in [1.29, 1.82) is 0 Å². The highest BCUT2D eigenvalue weighted by molar-refractivity contribution is 7.84. The zero-order valence-corrected chi connectivity index (χ0v) is 12.2. The molecule has 0 aliphatic rings. The molecule has 106 valence electrons. The lowest BCUT2D eigenvalue weighted by molar-refractivity contribution is 0.411. The Bertz CT molecular complexity index is 658. The Balaban J connectivity index is 2.23. The average Bonchev–Trinajstić information content (AvgIpc) is 2.40. The molecular formula is C15H16FNO2S. The maximum Gasteiger partial charge on any atom is 0.131 e. The minimum atomic E-state index is -1.38. The maximum atomic E-state index is 13.8. The molecular weight excluding hydrogens is 277 g/mol. The quantitative estimate of drug-likeness (QED) is 0.882. The third-order valence-electron chi connectivity index (χ3n) is 2.96. The van der Waals surface area contributed by atoms with E-state index in [0.29, 0.717) is 21.9 Å². The van der Waals surface area contributed by atoms with E-state index in [4.69, 9.17) is 10.5 Å². The Labute approximate surface area is 120 Å². The Morgan fingerprint density at radius 2 is 2.00 bits per heavy atom. The van der Waals surface area contributed by atoms with E-state index < -0.39 is 16.6 Å². The van der Waals surface area contributed by atoms with Crippen molar-refractivity contribution in [3.63, 3.8) is 0 Å². The summed E-state index contributed by atoms with van der Waals surface area (Å²) in [5, 5.41) is 0. The molecule has 2 N–H and O–H groups in total. The van der Waals surface area contributed by atoms with Gasteiger partial charge in [-0.05, 0) is 30.7 Å². The highest BCUT2D eigenvalue weighted by atomic mass is 32.2. The SMILES string of the molecule is COc1ccc(CS(=O)c2ccc(C)cc2N)c(F)c1. The van der Waals surface area contributed by atoms with Crippen LogP contribution in [0.3, 0.4) is 0 Å². The van der Waals surface area contributed by atoms with Gasteiger partial charge in [0, 0.05) is 17.3 Å². The van der Waals surface area contributed by atoms with Crippen molar-refractivity contribution < 1.29 is 13.3 Å². The summed E-state index contributed by atoms with van der Waals surface area (Å²) in [7, 11) is 0.0929. The van der Waals surface area contributed by atoms with Crippen LogP contribution in [0, 0.1) is 12.7 Å². The van der Waals surface area contributed by atoms with Gasteiger partial charge < -0.3 is 10.5 Å². The maximum absolute atomic E-state index is 13.8. The van der Waals surface area contributed by atoms with Crippen LogP contribution in [-0.2, 0) is 16.6 Å². The van der Waals surface area contributed by atoms with Gasteiger partial charge in [0.2, 0.25) is 0 Å². The molecule has 3 nitrogen and oxygen atoms in total. The number of benzene rings is 2. The van der Waals surface area contributed by atoms with Gasteiger partial charge in [0.1, 0.15) is 11.6 Å². The highest BCUT2D eigenvalue weighted by Gasteiger charge is 2.12. The van der Waals surface area contributed by atoms with Crippen LogP contribution in [0.1, 0.15) is 11.1 Å². The Morgan fingerprint density at radius 1 is 1.25 bits per heavy atom. The van der Waals surface area contributed by atoms with Gasteiger partial charge in [-0.25, -0.2) is 4.39 Å². The van der Waals surface area contributed by atoms with Gasteiger partial charge in [0.25, 0.3) is 0 Å². The van der Waals surface area contributed by atoms with Gasteiger partial charge in [-0.2, -0.15) is 0 Å². The predicted octanol–water partition coefficient (Wildman–Crippen LogP) is 3.03. The van der Waals surface area contributed by atoms with Crippen LogP contribution in [0.4, 0.5) is 10.1 Å². The van der Waals surface area contributed by atoms with Crippen LogP contribution < -0.4 is 10.5 Å². The van der Waals surface area contributed by atoms with Crippen LogP contribution in [0.25, 0.3) is 0 Å². The molecule has 20 heavy (non-hydrogen) atoms. The second-order valence-corrected chi connectivity index (χ2v) is 5.91. The first kappa shape index (κ1) is 14.5. The van der Waals surface area contributed by atoms with Crippen LogP contribution in [-0.4, -0.2) is 11.3 Å². The largest absolute Gasteiger partial charge is 0.497 e. The molecule has 0 radical (unpaired) electrons. The Morgan fingerprint density at radius 3 is 2.60 bits per heavy atom. The average molecular weight is 293 g/mol. The molecule has 2 aromatic rings. The van der Waals surface area contributed by atoms with E-state index in [1.165, 1.54) is 13.2 Å². The van der Waals surface area contributed by atoms with E-state index >= 15 is 0 Å². The van der Waals surface area contributed by atoms with Gasteiger partial charge >= 0.3 is 0 Å². The summed E-state index contributed by atoms with van der Waals surface area (Å²) in [5.74, 6) is 0.0959. The van der Waals surface area contributed by atoms with Crippen molar-refractivity contribution in [2.45, 2.75) is 17.6 Å². The van der Waals surface area contributed by atoms with Crippen molar-refractivity contribution in [2.75, 3.05) is 12.8 Å². The third-order valence-corrected chi connectivity index (χ3v) is 4.39. The normalized spacial score (nSPS) is 12.2. The molecule has 0 aliphatic carbocycles. The van der Waals surface area contributed by atoms with E-state index in [2.05, 4.69) is 0 Å². The molecule has 5 heteroatoms. The second kappa shape index (κ2) is 6.05. The van der Waals surface area contributed by atoms with E-state index in [-0.39, 0.29) is 5.75 Å². The predicted molar refractivity (Wildman–Crippen MR) is 78.7 cm³/mol. The van der Waals surface area contributed by atoms with Crippen LogP contribution in [0.2, 0.25) is 0 Å². The van der Waals surface area contributed by atoms with Gasteiger partial charge in [-0.15, -0.1) is 0 Å². The zero-order valence-electron chi connectivity index (χ0n) is 11.4. The molecule has 0 bridgehead atoms. The summed E-state index contributed by atoms with van der Waals surface area (Å²) in [6.07, 6.45) is 0. The number of halogens is 1. The number of nitrogen functional groups attached to an aromatic ring is 1. The van der Waals surface area contributed by atoms with Crippen molar-refractivity contribution in [2.24, 2.45) is 0 Å². The molecule has 0 heterocycles. The number of hydrogen-bond acceptors (Lipinski definition) is 3. The van der Waals surface area contributed by atoms with Gasteiger partial charge in [0.05, 0.1) is 28.6 Å². The zero-order chi connectivity index (χ0) is 14.7. The summed E-state index contributed by atoms with van der Waals surface area (Å²) in [4.78, 5) is 0.533. The first-order valence-electron chi connectivity index (χ1n) is 6.08. The van der Waals surface area contributed by atoms with Crippen molar-refractivity contribution in [1.82, 2.24) is 0 Å². The molecule has 0 aliphatic heterocycles. The lowest BCUT2D eigenvalue weighted by atomic mass is 10.2. The van der Waals surface area contributed by atoms with Gasteiger partial charge in [0.15, 0.2) is 0 Å². The summed E-state index contributed by atoms with van der Waals surface area (Å²) < 4.78 is 31.1. The molecule has 0 spiro atoms. The second-order valence-electron chi connectivity index (χ2n) is 4.49. The number of nitrogens with two attached hydrogens (primary N) is 1. The number of rotatable bonds is 4. The molecule has 0 saturated carbocycles. The minimum Gasteiger partial charge on any atom is -0.497 e. The van der Waals surface area contributed by atoms with Crippen molar-refractivity contribution in [3.8, 4) is 5.75 Å². The van der Waals surface area contributed by atoms with Crippen LogP contribution in [0.5, 0.6) is 5.75 Å². The van der Waals surface area contributed by atoms with Crippen LogP contribution >= 0.6 is 0 Å². The number of hydrogen-bond donors (Lipinski definition) is 1. The third kappa shape index (κ3) is 3.17. The first-order valence-corrected chi connectivity index (χ1v) is 7.40. The summed E-state index contributed by atoms with van der Waals surface area (Å²) in [5.41, 5.74) is 7.70. The fourth-order valence-electron chi connectivity index (χ4n) is 1.87. The van der Waals surface area contributed by atoms with Crippen molar-refractivity contribution in [3.05, 3.63) is 53.3 Å². The molecule has 2 aromatic carbocycles. The monoisotopic (exact) mass is 293 g/mol. The molecule has 1 unspecified atom stereocenters. The summed E-state index contributed by atoms with van der Waals surface area (Å²) >= 11 is 0. The van der Waals surface area contributed by atoms with Crippen LogP contribution in [0.15, 0.2) is 41.3 Å². The fourth-order valence-corrected chi connectivity index (χ4v) is 3.08. The molecule has 0 saturated heterocycles. The lowest BCUT2D eigenvalue weighted by Crippen LogP contribution is -2.03. The van der Waals surface area contributed by atoms with E-state index in [9.17, 15) is 8.60 Å². The Hall–Kier alpha value is -1.88. The molecule has 1 atom stereocenters. The number of methoxy groups -OCH3 is 1. The molecule has 0 fully saturated rings. The summed E-state index contributed by atoms with van der Waals surface area (Å²) in [6.45, 7) is 1.91. The standard InChI is InChI=1S/C15H16FNO2S/c1-10-3-6-15(14(17)7-10)20(18)9-11-4-5-12(19-2)8-13(11)16/h3-8H,9,17H2,1-2H3. The van der Waals surface area contributed by atoms with Gasteiger partial charge in [-0.3, -0.25) is 4.21 Å². The molecule has 0 amide bonds. The number of ether oxygens (including phenoxy) is 1. The van der Waals surface area contributed by atoms with E-state index in [0.717, 1.165) is 5.56 Å². The number of anilines is 1. The molecule has 2 rings (SSSR count). The molecule has 0 aromatic heterocycles. The smallest absolute Gasteiger partial charge is 0.131 e. The first-order chi connectivity index (χ1) is 9.51. The summed E-state index contributed by atoms with van der Waals surface area (Å²) in [6, 6.07) is 9.84. The fraction of sp³-hybridized carbons (Fsp3) is 0.200. The highest BCUT2D eigenvalue weighted by Crippen LogP contribution is 2.23.